The fourth-order valence-electron chi connectivity index (χ4n) is 2.11. The summed E-state index contributed by atoms with van der Waals surface area (Å²) in [6, 6.07) is 5.18. The van der Waals surface area contributed by atoms with Gasteiger partial charge in [-0.25, -0.2) is 0 Å². The second-order valence-electron chi connectivity index (χ2n) is 5.02. The first-order chi connectivity index (χ1) is 10.1. The number of benzene rings is 1. The van der Waals surface area contributed by atoms with E-state index < -0.39 is 0 Å². The molecule has 0 aliphatic carbocycles. The summed E-state index contributed by atoms with van der Waals surface area (Å²) in [4.78, 5) is 23.2. The topological polar surface area (TPSA) is 67.4 Å². The average Bonchev–Trinajstić information content (AvgIpc) is 2.47. The summed E-state index contributed by atoms with van der Waals surface area (Å²) in [6.45, 7) is 3.01. The second kappa shape index (κ2) is 7.31. The van der Waals surface area contributed by atoms with E-state index in [1.54, 1.807) is 18.2 Å². The molecule has 1 heterocycles. The Kier molecular flexibility index (Phi) is 5.44. The van der Waals surface area contributed by atoms with Gasteiger partial charge in [-0.05, 0) is 31.0 Å². The molecule has 1 aromatic rings. The lowest BCUT2D eigenvalue weighted by atomic mass is 9.98. The maximum atomic E-state index is 12.1. The second-order valence-corrected chi connectivity index (χ2v) is 5.43. The summed E-state index contributed by atoms with van der Waals surface area (Å²) in [5, 5.41) is 5.99. The number of carbonyl (C=O) groups excluding carboxylic acids is 2. The van der Waals surface area contributed by atoms with Crippen molar-refractivity contribution >= 4 is 29.1 Å². The quantitative estimate of drug-likeness (QED) is 0.878. The largest absolute Gasteiger partial charge is 0.492 e. The molecule has 1 aliphatic rings. The van der Waals surface area contributed by atoms with Crippen molar-refractivity contribution in [3.05, 3.63) is 23.2 Å². The first kappa shape index (κ1) is 15.6. The SMILES string of the molecule is CCCOc1ccc(NC(=O)C2CCC(=O)NC2)cc1Cl. The Morgan fingerprint density at radius 3 is 2.95 bits per heavy atom. The number of nitrogens with one attached hydrogen (secondary N) is 2. The first-order valence-corrected chi connectivity index (χ1v) is 7.48. The van der Waals surface area contributed by atoms with E-state index in [1.807, 2.05) is 6.92 Å². The maximum absolute atomic E-state index is 12.1. The highest BCUT2D eigenvalue weighted by Gasteiger charge is 2.24. The van der Waals surface area contributed by atoms with Gasteiger partial charge in [-0.3, -0.25) is 9.59 Å². The van der Waals surface area contributed by atoms with Crippen molar-refractivity contribution in [2.75, 3.05) is 18.5 Å². The molecule has 0 aromatic heterocycles. The molecule has 1 atom stereocenters. The maximum Gasteiger partial charge on any atom is 0.229 e. The van der Waals surface area contributed by atoms with Crippen molar-refractivity contribution in [2.45, 2.75) is 26.2 Å². The predicted molar refractivity (Wildman–Crippen MR) is 81.6 cm³/mol. The lowest BCUT2D eigenvalue weighted by molar-refractivity contribution is -0.126. The fraction of sp³-hybridized carbons (Fsp3) is 0.467. The van der Waals surface area contributed by atoms with Crippen LogP contribution < -0.4 is 15.4 Å². The van der Waals surface area contributed by atoms with Gasteiger partial charge in [0.25, 0.3) is 0 Å². The highest BCUT2D eigenvalue weighted by Crippen LogP contribution is 2.28. The molecule has 5 nitrogen and oxygen atoms in total. The monoisotopic (exact) mass is 310 g/mol. The van der Waals surface area contributed by atoms with Gasteiger partial charge in [0, 0.05) is 18.7 Å². The molecule has 1 aromatic carbocycles. The number of ether oxygens (including phenoxy) is 1. The first-order valence-electron chi connectivity index (χ1n) is 7.10. The molecular weight excluding hydrogens is 292 g/mol. The summed E-state index contributed by atoms with van der Waals surface area (Å²) in [7, 11) is 0. The molecule has 1 fully saturated rings. The molecule has 1 unspecified atom stereocenters. The highest BCUT2D eigenvalue weighted by molar-refractivity contribution is 6.32. The zero-order valence-electron chi connectivity index (χ0n) is 11.9. The fourth-order valence-corrected chi connectivity index (χ4v) is 2.34. The zero-order valence-corrected chi connectivity index (χ0v) is 12.7. The van der Waals surface area contributed by atoms with Gasteiger partial charge in [0.15, 0.2) is 0 Å². The Labute approximate surface area is 129 Å². The lowest BCUT2D eigenvalue weighted by Crippen LogP contribution is -2.40. The van der Waals surface area contributed by atoms with Crippen LogP contribution >= 0.6 is 11.6 Å². The molecular formula is C15H19ClN2O3. The molecule has 2 amide bonds. The molecule has 0 spiro atoms. The minimum absolute atomic E-state index is 0.000444. The van der Waals surface area contributed by atoms with E-state index in [1.165, 1.54) is 0 Å². The van der Waals surface area contributed by atoms with Crippen LogP contribution in [0.4, 0.5) is 5.69 Å². The van der Waals surface area contributed by atoms with Gasteiger partial charge in [0.1, 0.15) is 5.75 Å². The number of hydrogen-bond donors (Lipinski definition) is 2. The Hall–Kier alpha value is -1.75. The molecule has 21 heavy (non-hydrogen) atoms. The number of carbonyl (C=O) groups is 2. The number of amides is 2. The average molecular weight is 311 g/mol. The molecule has 0 saturated carbocycles. The Balaban J connectivity index is 1.94. The number of rotatable bonds is 5. The van der Waals surface area contributed by atoms with E-state index in [4.69, 9.17) is 16.3 Å². The van der Waals surface area contributed by atoms with Crippen LogP contribution in [-0.2, 0) is 9.59 Å². The van der Waals surface area contributed by atoms with Crippen LogP contribution in [0.3, 0.4) is 0 Å². The van der Waals surface area contributed by atoms with Gasteiger partial charge < -0.3 is 15.4 Å². The standard InChI is InChI=1S/C15H19ClN2O3/c1-2-7-21-13-5-4-11(8-12(13)16)18-15(20)10-3-6-14(19)17-9-10/h4-5,8,10H,2-3,6-7,9H2,1H3,(H,17,19)(H,18,20). The highest BCUT2D eigenvalue weighted by atomic mass is 35.5. The normalized spacial score (nSPS) is 18.0. The predicted octanol–water partition coefficient (Wildman–Crippen LogP) is 2.59. The molecule has 1 aliphatic heterocycles. The molecule has 6 heteroatoms. The smallest absolute Gasteiger partial charge is 0.229 e. The van der Waals surface area contributed by atoms with Crippen LogP contribution in [0.25, 0.3) is 0 Å². The van der Waals surface area contributed by atoms with E-state index in [0.29, 0.717) is 42.5 Å². The van der Waals surface area contributed by atoms with E-state index in [2.05, 4.69) is 10.6 Å². The number of halogens is 1. The summed E-state index contributed by atoms with van der Waals surface area (Å²) in [6.07, 6.45) is 1.87. The van der Waals surface area contributed by atoms with Crippen molar-refractivity contribution in [3.8, 4) is 5.75 Å². The van der Waals surface area contributed by atoms with Crippen molar-refractivity contribution < 1.29 is 14.3 Å². The van der Waals surface area contributed by atoms with Crippen LogP contribution in [0, 0.1) is 5.92 Å². The molecule has 114 valence electrons. The third-order valence-corrected chi connectivity index (χ3v) is 3.59. The van der Waals surface area contributed by atoms with E-state index in [0.717, 1.165) is 6.42 Å². The van der Waals surface area contributed by atoms with E-state index in [9.17, 15) is 9.59 Å². The van der Waals surface area contributed by atoms with E-state index in [-0.39, 0.29) is 17.7 Å². The van der Waals surface area contributed by atoms with Crippen LogP contribution in [-0.4, -0.2) is 25.0 Å². The molecule has 2 N–H and O–H groups in total. The Bertz CT molecular complexity index is 524. The summed E-state index contributed by atoms with van der Waals surface area (Å²) >= 11 is 6.12. The third kappa shape index (κ3) is 4.36. The van der Waals surface area contributed by atoms with Crippen LogP contribution in [0.15, 0.2) is 18.2 Å². The zero-order chi connectivity index (χ0) is 15.2. The van der Waals surface area contributed by atoms with Crippen molar-refractivity contribution in [3.63, 3.8) is 0 Å². The number of hydrogen-bond acceptors (Lipinski definition) is 3. The minimum Gasteiger partial charge on any atom is -0.492 e. The van der Waals surface area contributed by atoms with E-state index >= 15 is 0 Å². The van der Waals surface area contributed by atoms with Gasteiger partial charge in [-0.1, -0.05) is 18.5 Å². The van der Waals surface area contributed by atoms with Crippen LogP contribution in [0.1, 0.15) is 26.2 Å². The summed E-state index contributed by atoms with van der Waals surface area (Å²) in [5.74, 6) is 0.312. The van der Waals surface area contributed by atoms with Crippen LogP contribution in [0.5, 0.6) is 5.75 Å². The minimum atomic E-state index is -0.197. The summed E-state index contributed by atoms with van der Waals surface area (Å²) < 4.78 is 5.48. The third-order valence-electron chi connectivity index (χ3n) is 3.30. The molecule has 2 rings (SSSR count). The number of piperidine rings is 1. The Morgan fingerprint density at radius 1 is 1.52 bits per heavy atom. The van der Waals surface area contributed by atoms with Gasteiger partial charge in [0.2, 0.25) is 11.8 Å². The van der Waals surface area contributed by atoms with Crippen molar-refractivity contribution in [1.82, 2.24) is 5.32 Å². The van der Waals surface area contributed by atoms with Gasteiger partial charge >= 0.3 is 0 Å². The Morgan fingerprint density at radius 2 is 2.33 bits per heavy atom. The van der Waals surface area contributed by atoms with Gasteiger partial charge in [-0.2, -0.15) is 0 Å². The summed E-state index contributed by atoms with van der Waals surface area (Å²) in [5.41, 5.74) is 0.630. The van der Waals surface area contributed by atoms with Crippen molar-refractivity contribution in [1.29, 1.82) is 0 Å². The lowest BCUT2D eigenvalue weighted by Gasteiger charge is -2.21. The number of anilines is 1. The van der Waals surface area contributed by atoms with Gasteiger partial charge in [-0.15, -0.1) is 0 Å². The van der Waals surface area contributed by atoms with Crippen molar-refractivity contribution in [2.24, 2.45) is 5.92 Å². The molecule has 0 bridgehead atoms. The molecule has 1 saturated heterocycles. The molecule has 0 radical (unpaired) electrons. The van der Waals surface area contributed by atoms with Crippen LogP contribution in [0.2, 0.25) is 5.02 Å². The van der Waals surface area contributed by atoms with Gasteiger partial charge in [0.05, 0.1) is 17.5 Å².